The van der Waals surface area contributed by atoms with E-state index < -0.39 is 0 Å². The predicted octanol–water partition coefficient (Wildman–Crippen LogP) is 2.13. The van der Waals surface area contributed by atoms with E-state index >= 15 is 0 Å². The summed E-state index contributed by atoms with van der Waals surface area (Å²) in [7, 11) is 0. The van der Waals surface area contributed by atoms with E-state index in [0.29, 0.717) is 48.7 Å². The molecular weight excluding hydrogens is 446 g/mol. The molecule has 1 saturated heterocycles. The van der Waals surface area contributed by atoms with Crippen LogP contribution in [0.1, 0.15) is 31.7 Å². The van der Waals surface area contributed by atoms with Crippen molar-refractivity contribution >= 4 is 45.3 Å². The van der Waals surface area contributed by atoms with Gasteiger partial charge in [0.05, 0.1) is 11.8 Å². The van der Waals surface area contributed by atoms with Crippen LogP contribution >= 0.6 is 27.7 Å². The van der Waals surface area contributed by atoms with E-state index in [-0.39, 0.29) is 17.7 Å². The minimum atomic E-state index is -0.107. The van der Waals surface area contributed by atoms with Crippen molar-refractivity contribution < 1.29 is 9.59 Å². The van der Waals surface area contributed by atoms with Gasteiger partial charge in [0.15, 0.2) is 0 Å². The van der Waals surface area contributed by atoms with E-state index in [1.54, 1.807) is 12.3 Å². The van der Waals surface area contributed by atoms with Crippen LogP contribution in [0.25, 0.3) is 0 Å². The van der Waals surface area contributed by atoms with E-state index in [2.05, 4.69) is 41.8 Å². The van der Waals surface area contributed by atoms with Gasteiger partial charge in [-0.3, -0.25) is 9.59 Å². The van der Waals surface area contributed by atoms with E-state index in [9.17, 15) is 9.59 Å². The first kappa shape index (κ1) is 19.3. The average molecular weight is 466 g/mol. The van der Waals surface area contributed by atoms with E-state index in [1.165, 1.54) is 11.8 Å². The van der Waals surface area contributed by atoms with Gasteiger partial charge in [0.2, 0.25) is 17.0 Å². The summed E-state index contributed by atoms with van der Waals surface area (Å²) in [4.78, 5) is 30.9. The maximum Gasteiger partial charge on any atom is 0.233 e. The zero-order chi connectivity index (χ0) is 19.5. The van der Waals surface area contributed by atoms with Crippen molar-refractivity contribution in [3.8, 4) is 0 Å². The Hall–Kier alpha value is -2.01. The molecule has 2 amide bonds. The summed E-state index contributed by atoms with van der Waals surface area (Å²) in [5, 5.41) is 15.3. The Morgan fingerprint density at radius 1 is 1.21 bits per heavy atom. The lowest BCUT2D eigenvalue weighted by molar-refractivity contribution is -0.132. The number of carbonyl (C=O) groups is 2. The van der Waals surface area contributed by atoms with Gasteiger partial charge in [0.25, 0.3) is 0 Å². The van der Waals surface area contributed by atoms with Crippen LogP contribution in [0, 0.1) is 5.92 Å². The SMILES string of the molecule is O=C(Nc1ccc(Br)cn1)C1CCN(C(=O)CSc2nnnn2C2CC2)CC1. The minimum absolute atomic E-state index is 0.0418. The Morgan fingerprint density at radius 2 is 2.00 bits per heavy atom. The molecule has 0 bridgehead atoms. The van der Waals surface area contributed by atoms with Crippen molar-refractivity contribution in [3.63, 3.8) is 0 Å². The number of pyridine rings is 1. The number of nitrogens with zero attached hydrogens (tertiary/aromatic N) is 6. The Balaban J connectivity index is 1.23. The molecule has 11 heteroatoms. The highest BCUT2D eigenvalue weighted by Crippen LogP contribution is 2.36. The number of carbonyl (C=O) groups excluding carboxylic acids is 2. The van der Waals surface area contributed by atoms with Gasteiger partial charge in [0, 0.05) is 29.7 Å². The molecule has 0 radical (unpaired) electrons. The van der Waals surface area contributed by atoms with Gasteiger partial charge in [-0.15, -0.1) is 5.10 Å². The largest absolute Gasteiger partial charge is 0.342 e. The number of likely N-dealkylation sites (tertiary alicyclic amines) is 1. The number of nitrogens with one attached hydrogen (secondary N) is 1. The summed E-state index contributed by atoms with van der Waals surface area (Å²) in [6.45, 7) is 1.16. The van der Waals surface area contributed by atoms with Crippen molar-refractivity contribution in [2.45, 2.75) is 36.9 Å². The standard InChI is InChI=1S/C17H20BrN7O2S/c18-12-1-4-14(19-9-12)20-16(27)11-5-7-24(8-6-11)15(26)10-28-17-21-22-23-25(17)13-2-3-13/h1,4,9,11,13H,2-3,5-8,10H2,(H,19,20,27). The molecule has 0 unspecified atom stereocenters. The van der Waals surface area contributed by atoms with Crippen molar-refractivity contribution in [1.82, 2.24) is 30.1 Å². The van der Waals surface area contributed by atoms with E-state index in [0.717, 1.165) is 17.3 Å². The van der Waals surface area contributed by atoms with Crippen LogP contribution in [0.3, 0.4) is 0 Å². The summed E-state index contributed by atoms with van der Waals surface area (Å²) >= 11 is 4.70. The lowest BCUT2D eigenvalue weighted by Crippen LogP contribution is -2.42. The Bertz CT molecular complexity index is 847. The first-order chi connectivity index (χ1) is 13.6. The number of rotatable bonds is 6. The molecular formula is C17H20BrN7O2S. The molecule has 2 fully saturated rings. The minimum Gasteiger partial charge on any atom is -0.342 e. The third kappa shape index (κ3) is 4.69. The summed E-state index contributed by atoms with van der Waals surface area (Å²) in [6, 6.07) is 3.98. The zero-order valence-electron chi connectivity index (χ0n) is 15.1. The fraction of sp³-hybridized carbons (Fsp3) is 0.529. The summed E-state index contributed by atoms with van der Waals surface area (Å²) in [5.41, 5.74) is 0. The maximum atomic E-state index is 12.5. The first-order valence-electron chi connectivity index (χ1n) is 9.21. The molecule has 2 aromatic rings. The average Bonchev–Trinajstić information content (AvgIpc) is 3.45. The topological polar surface area (TPSA) is 106 Å². The first-order valence-corrected chi connectivity index (χ1v) is 11.0. The third-order valence-corrected chi connectivity index (χ3v) is 6.26. The number of tetrazole rings is 1. The van der Waals surface area contributed by atoms with Crippen molar-refractivity contribution in [2.75, 3.05) is 24.2 Å². The molecule has 3 heterocycles. The van der Waals surface area contributed by atoms with Crippen LogP contribution in [-0.2, 0) is 9.59 Å². The van der Waals surface area contributed by atoms with Gasteiger partial charge in [-0.2, -0.15) is 0 Å². The van der Waals surface area contributed by atoms with Crippen LogP contribution < -0.4 is 5.32 Å². The van der Waals surface area contributed by atoms with Gasteiger partial charge in [-0.1, -0.05) is 11.8 Å². The normalized spacial score (nSPS) is 17.5. The second-order valence-electron chi connectivity index (χ2n) is 6.93. The molecule has 1 saturated carbocycles. The second-order valence-corrected chi connectivity index (χ2v) is 8.79. The van der Waals surface area contributed by atoms with Crippen LogP contribution in [0.4, 0.5) is 5.82 Å². The predicted molar refractivity (Wildman–Crippen MR) is 107 cm³/mol. The highest BCUT2D eigenvalue weighted by Gasteiger charge is 2.30. The lowest BCUT2D eigenvalue weighted by atomic mass is 9.96. The van der Waals surface area contributed by atoms with Crippen molar-refractivity contribution in [3.05, 3.63) is 22.8 Å². The lowest BCUT2D eigenvalue weighted by Gasteiger charge is -2.31. The van der Waals surface area contributed by atoms with Gasteiger partial charge < -0.3 is 10.2 Å². The molecule has 1 N–H and O–H groups in total. The molecule has 1 aliphatic carbocycles. The molecule has 9 nitrogen and oxygen atoms in total. The quantitative estimate of drug-likeness (QED) is 0.651. The molecule has 2 aromatic heterocycles. The summed E-state index contributed by atoms with van der Waals surface area (Å²) in [5.74, 6) is 0.761. The highest BCUT2D eigenvalue weighted by atomic mass is 79.9. The van der Waals surface area contributed by atoms with Crippen LogP contribution in [-0.4, -0.2) is 60.7 Å². The molecule has 4 rings (SSSR count). The van der Waals surface area contributed by atoms with Gasteiger partial charge in [-0.05, 0) is 64.2 Å². The summed E-state index contributed by atoms with van der Waals surface area (Å²) < 4.78 is 2.67. The third-order valence-electron chi connectivity index (χ3n) is 4.88. The number of amides is 2. The Kier molecular flexibility index (Phi) is 5.90. The number of aromatic nitrogens is 5. The van der Waals surface area contributed by atoms with Crippen LogP contribution in [0.15, 0.2) is 28.0 Å². The highest BCUT2D eigenvalue weighted by molar-refractivity contribution is 9.10. The Morgan fingerprint density at radius 3 is 2.68 bits per heavy atom. The van der Waals surface area contributed by atoms with Crippen molar-refractivity contribution in [1.29, 1.82) is 0 Å². The monoisotopic (exact) mass is 465 g/mol. The second kappa shape index (κ2) is 8.56. The molecule has 0 spiro atoms. The maximum absolute atomic E-state index is 12.5. The van der Waals surface area contributed by atoms with E-state index in [1.807, 2.05) is 15.6 Å². The number of thioether (sulfide) groups is 1. The van der Waals surface area contributed by atoms with E-state index in [4.69, 9.17) is 0 Å². The summed E-state index contributed by atoms with van der Waals surface area (Å²) in [6.07, 6.45) is 5.14. The molecule has 28 heavy (non-hydrogen) atoms. The smallest absolute Gasteiger partial charge is 0.233 e. The molecule has 2 aliphatic rings. The fourth-order valence-electron chi connectivity index (χ4n) is 3.12. The van der Waals surface area contributed by atoms with Gasteiger partial charge in [-0.25, -0.2) is 9.67 Å². The number of anilines is 1. The molecule has 0 aromatic carbocycles. The van der Waals surface area contributed by atoms with Crippen molar-refractivity contribution in [2.24, 2.45) is 5.92 Å². The number of hydrogen-bond acceptors (Lipinski definition) is 7. The molecule has 0 atom stereocenters. The van der Waals surface area contributed by atoms with Gasteiger partial charge in [0.1, 0.15) is 5.82 Å². The molecule has 148 valence electrons. The van der Waals surface area contributed by atoms with Crippen LogP contribution in [0.2, 0.25) is 0 Å². The number of halogens is 1. The number of hydrogen-bond donors (Lipinski definition) is 1. The van der Waals surface area contributed by atoms with Crippen LogP contribution in [0.5, 0.6) is 0 Å². The zero-order valence-corrected chi connectivity index (χ0v) is 17.5. The fourth-order valence-corrected chi connectivity index (χ4v) is 4.20. The Labute approximate surface area is 174 Å². The van der Waals surface area contributed by atoms with Gasteiger partial charge >= 0.3 is 0 Å². The number of piperidine rings is 1. The molecule has 1 aliphatic heterocycles.